The molecule has 0 aliphatic carbocycles. The third-order valence-electron chi connectivity index (χ3n) is 5.03. The second-order valence-electron chi connectivity index (χ2n) is 10.1. The molecule has 0 bridgehead atoms. The Hall–Kier alpha value is -1.75. The van der Waals surface area contributed by atoms with Gasteiger partial charge in [0, 0.05) is 19.3 Å². The Bertz CT molecular complexity index is 853. The van der Waals surface area contributed by atoms with Crippen molar-refractivity contribution in [2.45, 2.75) is 95.3 Å². The van der Waals surface area contributed by atoms with Gasteiger partial charge in [0.05, 0.1) is 7.11 Å². The fraction of sp³-hybridized carbons (Fsp3) is 0.760. The summed E-state index contributed by atoms with van der Waals surface area (Å²) in [6, 6.07) is 0. The normalized spacial score (nSPS) is 23.7. The van der Waals surface area contributed by atoms with Crippen LogP contribution in [0.4, 0.5) is 0 Å². The van der Waals surface area contributed by atoms with Gasteiger partial charge < -0.3 is 28.4 Å². The molecule has 13 heteroatoms. The molecule has 0 aromatic heterocycles. The second kappa shape index (κ2) is 15.1. The van der Waals surface area contributed by atoms with E-state index >= 15 is 0 Å². The van der Waals surface area contributed by atoms with Crippen molar-refractivity contribution >= 4 is 58.7 Å². The van der Waals surface area contributed by atoms with E-state index in [1.165, 1.54) is 0 Å². The maximum absolute atomic E-state index is 12.8. The van der Waals surface area contributed by atoms with Crippen LogP contribution in [0, 0.1) is 17.8 Å². The molecule has 5 atom stereocenters. The first-order valence-corrected chi connectivity index (χ1v) is 13.3. The molecule has 0 spiro atoms. The Morgan fingerprint density at radius 2 is 1.13 bits per heavy atom. The average Bonchev–Trinajstić information content (AvgIpc) is 2.74. The summed E-state index contributed by atoms with van der Waals surface area (Å²) in [6.07, 6.45) is -8.00. The first kappa shape index (κ1) is 34.3. The predicted octanol–water partition coefficient (Wildman–Crippen LogP) is 4.66. The number of hydrogen-bond acceptors (Lipinski definition) is 10. The van der Waals surface area contributed by atoms with Crippen LogP contribution in [-0.2, 0) is 47.6 Å². The van der Waals surface area contributed by atoms with Gasteiger partial charge in [0.25, 0.3) is 0 Å². The van der Waals surface area contributed by atoms with Gasteiger partial charge in [0.1, 0.15) is 5.76 Å². The number of rotatable bonds is 12. The van der Waals surface area contributed by atoms with Gasteiger partial charge in [-0.3, -0.25) is 14.4 Å². The zero-order chi connectivity index (χ0) is 29.4. The predicted molar refractivity (Wildman–Crippen MR) is 139 cm³/mol. The maximum Gasteiger partial charge on any atom is 0.339 e. The van der Waals surface area contributed by atoms with Crippen LogP contribution < -0.4 is 0 Å². The first-order chi connectivity index (χ1) is 17.5. The van der Waals surface area contributed by atoms with Gasteiger partial charge in [-0.1, -0.05) is 82.9 Å². The number of allylic oxidation sites excluding steroid dienone is 1. The van der Waals surface area contributed by atoms with Gasteiger partial charge in [-0.05, 0) is 17.8 Å². The van der Waals surface area contributed by atoms with Gasteiger partial charge >= 0.3 is 23.9 Å². The Balaban J connectivity index is 3.62. The molecule has 1 heterocycles. The number of ether oxygens (including phenoxy) is 6. The topological polar surface area (TPSA) is 124 Å². The van der Waals surface area contributed by atoms with Crippen LogP contribution in [0.2, 0.25) is 0 Å². The second-order valence-corrected chi connectivity index (χ2v) is 12.4. The molecule has 0 aromatic carbocycles. The first-order valence-electron chi connectivity index (χ1n) is 12.2. The highest BCUT2D eigenvalue weighted by Crippen LogP contribution is 2.38. The third kappa shape index (κ3) is 11.2. The van der Waals surface area contributed by atoms with Crippen LogP contribution in [0.25, 0.3) is 0 Å². The lowest BCUT2D eigenvalue weighted by molar-refractivity contribution is -0.294. The van der Waals surface area contributed by atoms with E-state index in [4.69, 9.17) is 63.2 Å². The van der Waals surface area contributed by atoms with Gasteiger partial charge in [0.15, 0.2) is 18.3 Å². The van der Waals surface area contributed by atoms with Crippen LogP contribution in [-0.4, -0.2) is 65.5 Å². The standard InChI is InChI=1S/C25H37Cl3O10/c1-12(2)9-16(29)35-19-20(36-17(30)10-13(3)4)22(37-18(31)11-14(5)6)24(34-15(7)25(26,27)28)38-21(19)23(32)33-8/h12-14,19-22,24H,7,9-11H2,1-6,8H3/t19-,20-,21-,22+,24-/m0/s1. The van der Waals surface area contributed by atoms with Crippen LogP contribution in [0.5, 0.6) is 0 Å². The van der Waals surface area contributed by atoms with Crippen molar-refractivity contribution in [3.63, 3.8) is 0 Å². The molecule has 0 radical (unpaired) electrons. The number of carbonyl (C=O) groups is 4. The Labute approximate surface area is 238 Å². The molecule has 10 nitrogen and oxygen atoms in total. The highest BCUT2D eigenvalue weighted by Gasteiger charge is 2.56. The van der Waals surface area contributed by atoms with Crippen molar-refractivity contribution in [2.24, 2.45) is 17.8 Å². The van der Waals surface area contributed by atoms with E-state index in [0.29, 0.717) is 0 Å². The number of carbonyl (C=O) groups excluding carboxylic acids is 4. The average molecular weight is 604 g/mol. The van der Waals surface area contributed by atoms with Crippen molar-refractivity contribution in [1.29, 1.82) is 0 Å². The summed E-state index contributed by atoms with van der Waals surface area (Å²) < 4.78 is 30.9. The van der Waals surface area contributed by atoms with Crippen molar-refractivity contribution in [3.8, 4) is 0 Å². The molecule has 38 heavy (non-hydrogen) atoms. The summed E-state index contributed by atoms with van der Waals surface area (Å²) in [5.41, 5.74) is 0. The van der Waals surface area contributed by atoms with E-state index in [1.54, 1.807) is 41.5 Å². The lowest BCUT2D eigenvalue weighted by Gasteiger charge is -2.44. The Kier molecular flexibility index (Phi) is 13.7. The number of esters is 4. The minimum atomic E-state index is -2.12. The molecule has 1 aliphatic heterocycles. The zero-order valence-corrected chi connectivity index (χ0v) is 24.9. The van der Waals surface area contributed by atoms with Crippen molar-refractivity contribution in [3.05, 3.63) is 12.3 Å². The van der Waals surface area contributed by atoms with E-state index in [-0.39, 0.29) is 37.0 Å². The van der Waals surface area contributed by atoms with Gasteiger partial charge in [-0.15, -0.1) is 0 Å². The molecule has 1 fully saturated rings. The fourth-order valence-corrected chi connectivity index (χ4v) is 3.54. The highest BCUT2D eigenvalue weighted by atomic mass is 35.6. The smallest absolute Gasteiger partial charge is 0.339 e. The molecule has 1 rings (SSSR count). The van der Waals surface area contributed by atoms with Crippen LogP contribution in [0.1, 0.15) is 60.8 Å². The van der Waals surface area contributed by atoms with Gasteiger partial charge in [0.2, 0.25) is 16.2 Å². The largest absolute Gasteiger partial charge is 0.467 e. The lowest BCUT2D eigenvalue weighted by Crippen LogP contribution is -2.64. The monoisotopic (exact) mass is 602 g/mol. The fourth-order valence-electron chi connectivity index (χ4n) is 3.41. The van der Waals surface area contributed by atoms with Gasteiger partial charge in [-0.25, -0.2) is 4.79 Å². The van der Waals surface area contributed by atoms with E-state index < -0.39 is 64.1 Å². The molecule has 218 valence electrons. The molecule has 0 saturated carbocycles. The number of alkyl halides is 3. The molecule has 1 aliphatic rings. The zero-order valence-electron chi connectivity index (χ0n) is 22.7. The van der Waals surface area contributed by atoms with Crippen LogP contribution >= 0.6 is 34.8 Å². The lowest BCUT2D eigenvalue weighted by atomic mass is 9.97. The summed E-state index contributed by atoms with van der Waals surface area (Å²) in [5.74, 6) is -3.79. The summed E-state index contributed by atoms with van der Waals surface area (Å²) in [6.45, 7) is 14.3. The maximum atomic E-state index is 12.8. The number of methoxy groups -OCH3 is 1. The number of hydrogen-bond donors (Lipinski definition) is 0. The van der Waals surface area contributed by atoms with Gasteiger partial charge in [-0.2, -0.15) is 0 Å². The van der Waals surface area contributed by atoms with Crippen molar-refractivity contribution in [1.82, 2.24) is 0 Å². The van der Waals surface area contributed by atoms with E-state index in [1.807, 2.05) is 0 Å². The minimum Gasteiger partial charge on any atom is -0.467 e. The van der Waals surface area contributed by atoms with E-state index in [2.05, 4.69) is 6.58 Å². The van der Waals surface area contributed by atoms with Crippen LogP contribution in [0.15, 0.2) is 12.3 Å². The van der Waals surface area contributed by atoms with Crippen molar-refractivity contribution in [2.75, 3.05) is 7.11 Å². The quantitative estimate of drug-likeness (QED) is 0.135. The SMILES string of the molecule is C=C(O[C@H]1O[C@H](C(=O)OC)[C@@H](OC(=O)CC(C)C)[C@H](OC(=O)CC(C)C)[C@H]1OC(=O)CC(C)C)C(Cl)(Cl)Cl. The summed E-state index contributed by atoms with van der Waals surface area (Å²) in [7, 11) is 1.09. The van der Waals surface area contributed by atoms with Crippen molar-refractivity contribution < 1.29 is 47.6 Å². The summed E-state index contributed by atoms with van der Waals surface area (Å²) >= 11 is 17.6. The summed E-state index contributed by atoms with van der Waals surface area (Å²) in [4.78, 5) is 50.9. The molecule has 0 N–H and O–H groups in total. The third-order valence-corrected chi connectivity index (χ3v) is 5.66. The molecule has 0 unspecified atom stereocenters. The highest BCUT2D eigenvalue weighted by molar-refractivity contribution is 6.69. The molecule has 1 saturated heterocycles. The molecule has 0 amide bonds. The Morgan fingerprint density at radius 3 is 1.50 bits per heavy atom. The summed E-state index contributed by atoms with van der Waals surface area (Å²) in [5, 5.41) is 0. The molecular formula is C25H37Cl3O10. The van der Waals surface area contributed by atoms with E-state index in [0.717, 1.165) is 7.11 Å². The molecular weight excluding hydrogens is 567 g/mol. The van der Waals surface area contributed by atoms with Crippen LogP contribution in [0.3, 0.4) is 0 Å². The number of halogens is 3. The minimum absolute atomic E-state index is 0.0144. The van der Waals surface area contributed by atoms with E-state index in [9.17, 15) is 19.2 Å². The molecule has 0 aromatic rings. The Morgan fingerprint density at radius 1 is 0.737 bits per heavy atom.